The first-order valence-corrected chi connectivity index (χ1v) is 7.57. The van der Waals surface area contributed by atoms with E-state index in [0.717, 1.165) is 30.9 Å². The summed E-state index contributed by atoms with van der Waals surface area (Å²) in [5, 5.41) is 11.5. The van der Waals surface area contributed by atoms with Gasteiger partial charge >= 0.3 is 0 Å². The zero-order chi connectivity index (χ0) is 15.2. The molecule has 1 heterocycles. The van der Waals surface area contributed by atoms with Crippen LogP contribution in [-0.2, 0) is 6.54 Å². The highest BCUT2D eigenvalue weighted by molar-refractivity contribution is 7.80. The topological polar surface area (TPSA) is 41.9 Å². The first-order chi connectivity index (χ1) is 10.0. The summed E-state index contributed by atoms with van der Waals surface area (Å²) in [4.78, 5) is 0. The summed E-state index contributed by atoms with van der Waals surface area (Å²) in [5.74, 6) is 0. The minimum absolute atomic E-state index is 0.667. The fourth-order valence-electron chi connectivity index (χ4n) is 2.07. The van der Waals surface area contributed by atoms with Crippen molar-refractivity contribution in [1.29, 1.82) is 0 Å². The second-order valence-corrected chi connectivity index (χ2v) is 5.68. The van der Waals surface area contributed by atoms with Gasteiger partial charge in [-0.25, -0.2) is 0 Å². The Labute approximate surface area is 131 Å². The minimum atomic E-state index is 0.667. The van der Waals surface area contributed by atoms with Crippen molar-refractivity contribution in [1.82, 2.24) is 15.1 Å². The maximum atomic E-state index is 5.33. The van der Waals surface area contributed by atoms with Crippen molar-refractivity contribution >= 4 is 23.0 Å². The Hall–Kier alpha value is -1.88. The lowest BCUT2D eigenvalue weighted by molar-refractivity contribution is 0.570. The molecule has 4 nitrogen and oxygen atoms in total. The molecule has 0 spiro atoms. The number of nitrogens with zero attached hydrogens (tertiary/aromatic N) is 2. The molecule has 0 saturated heterocycles. The standard InChI is InChI=1S/C16H22N4S/c1-12-5-6-13(2)15(11-12)18-16(21)17-8-4-9-20-10-7-14(3)19-20/h5-7,10-11H,4,8-9H2,1-3H3,(H2,17,18,21). The van der Waals surface area contributed by atoms with Crippen LogP contribution < -0.4 is 10.6 Å². The Morgan fingerprint density at radius 3 is 2.76 bits per heavy atom. The third-order valence-corrected chi connectivity index (χ3v) is 3.51. The van der Waals surface area contributed by atoms with Crippen LogP contribution in [0.4, 0.5) is 5.69 Å². The molecule has 2 rings (SSSR count). The van der Waals surface area contributed by atoms with Crippen LogP contribution in [0.1, 0.15) is 23.2 Å². The Bertz CT molecular complexity index is 618. The molecule has 0 bridgehead atoms. The van der Waals surface area contributed by atoms with E-state index in [4.69, 9.17) is 12.2 Å². The third-order valence-electron chi connectivity index (χ3n) is 3.26. The van der Waals surface area contributed by atoms with Gasteiger partial charge in [-0.2, -0.15) is 5.10 Å². The molecule has 112 valence electrons. The van der Waals surface area contributed by atoms with Crippen LogP contribution in [0.2, 0.25) is 0 Å². The molecule has 0 unspecified atom stereocenters. The molecule has 0 fully saturated rings. The molecular formula is C16H22N4S. The molecule has 0 aliphatic rings. The molecule has 1 aromatic carbocycles. The normalized spacial score (nSPS) is 10.4. The van der Waals surface area contributed by atoms with E-state index < -0.39 is 0 Å². The molecule has 21 heavy (non-hydrogen) atoms. The van der Waals surface area contributed by atoms with Crippen LogP contribution in [0.25, 0.3) is 0 Å². The maximum Gasteiger partial charge on any atom is 0.170 e. The van der Waals surface area contributed by atoms with Gasteiger partial charge in [0.25, 0.3) is 0 Å². The van der Waals surface area contributed by atoms with Crippen LogP contribution in [0.5, 0.6) is 0 Å². The van der Waals surface area contributed by atoms with E-state index in [9.17, 15) is 0 Å². The molecule has 2 aromatic rings. The molecule has 0 amide bonds. The molecule has 0 aliphatic heterocycles. The highest BCUT2D eigenvalue weighted by Gasteiger charge is 2.01. The molecule has 2 N–H and O–H groups in total. The van der Waals surface area contributed by atoms with Crippen molar-refractivity contribution in [3.8, 4) is 0 Å². The van der Waals surface area contributed by atoms with E-state index in [1.54, 1.807) is 0 Å². The van der Waals surface area contributed by atoms with Crippen molar-refractivity contribution in [3.63, 3.8) is 0 Å². The van der Waals surface area contributed by atoms with Gasteiger partial charge in [0.2, 0.25) is 0 Å². The predicted molar refractivity (Wildman–Crippen MR) is 91.7 cm³/mol. The summed E-state index contributed by atoms with van der Waals surface area (Å²) in [6.07, 6.45) is 2.98. The van der Waals surface area contributed by atoms with E-state index in [2.05, 4.69) is 47.8 Å². The van der Waals surface area contributed by atoms with E-state index in [0.29, 0.717) is 5.11 Å². The summed E-state index contributed by atoms with van der Waals surface area (Å²) < 4.78 is 1.96. The van der Waals surface area contributed by atoms with Gasteiger partial charge in [0, 0.05) is 25.0 Å². The Morgan fingerprint density at radius 1 is 1.24 bits per heavy atom. The number of benzene rings is 1. The van der Waals surface area contributed by atoms with Crippen molar-refractivity contribution in [2.75, 3.05) is 11.9 Å². The number of anilines is 1. The minimum Gasteiger partial charge on any atom is -0.362 e. The quantitative estimate of drug-likeness (QED) is 0.657. The summed E-state index contributed by atoms with van der Waals surface area (Å²) in [6, 6.07) is 8.32. The monoisotopic (exact) mass is 302 g/mol. The van der Waals surface area contributed by atoms with Gasteiger partial charge in [0.15, 0.2) is 5.11 Å². The number of thiocarbonyl (C=S) groups is 1. The lowest BCUT2D eigenvalue weighted by Gasteiger charge is -2.13. The fourth-order valence-corrected chi connectivity index (χ4v) is 2.28. The van der Waals surface area contributed by atoms with Gasteiger partial charge in [0.1, 0.15) is 0 Å². The van der Waals surface area contributed by atoms with Crippen LogP contribution in [0.3, 0.4) is 0 Å². The second-order valence-electron chi connectivity index (χ2n) is 5.27. The Balaban J connectivity index is 1.73. The van der Waals surface area contributed by atoms with Gasteiger partial charge < -0.3 is 10.6 Å². The van der Waals surface area contributed by atoms with Crippen molar-refractivity contribution < 1.29 is 0 Å². The number of nitrogens with one attached hydrogen (secondary N) is 2. The SMILES string of the molecule is Cc1ccc(C)c(NC(=S)NCCCn2ccc(C)n2)c1. The third kappa shape index (κ3) is 4.86. The largest absolute Gasteiger partial charge is 0.362 e. The first kappa shape index (κ1) is 15.5. The number of hydrogen-bond acceptors (Lipinski definition) is 2. The number of aryl methyl sites for hydroxylation is 4. The smallest absolute Gasteiger partial charge is 0.170 e. The lowest BCUT2D eigenvalue weighted by atomic mass is 10.1. The summed E-state index contributed by atoms with van der Waals surface area (Å²) in [7, 11) is 0. The van der Waals surface area contributed by atoms with Crippen molar-refractivity contribution in [2.45, 2.75) is 33.7 Å². The Morgan fingerprint density at radius 2 is 2.05 bits per heavy atom. The van der Waals surface area contributed by atoms with E-state index in [1.165, 1.54) is 11.1 Å². The lowest BCUT2D eigenvalue weighted by Crippen LogP contribution is -2.30. The Kier molecular flexibility index (Phi) is 5.33. The van der Waals surface area contributed by atoms with E-state index in [1.807, 2.05) is 23.9 Å². The van der Waals surface area contributed by atoms with Gasteiger partial charge in [-0.1, -0.05) is 12.1 Å². The molecular weight excluding hydrogens is 280 g/mol. The average Bonchev–Trinajstić information content (AvgIpc) is 2.85. The van der Waals surface area contributed by atoms with Crippen molar-refractivity contribution in [2.24, 2.45) is 0 Å². The summed E-state index contributed by atoms with van der Waals surface area (Å²) in [6.45, 7) is 7.87. The van der Waals surface area contributed by atoms with Crippen LogP contribution in [-0.4, -0.2) is 21.4 Å². The number of rotatable bonds is 5. The number of aromatic nitrogens is 2. The first-order valence-electron chi connectivity index (χ1n) is 7.17. The summed E-state index contributed by atoms with van der Waals surface area (Å²) in [5.41, 5.74) is 4.53. The molecule has 0 aliphatic carbocycles. The maximum absolute atomic E-state index is 5.33. The predicted octanol–water partition coefficient (Wildman–Crippen LogP) is 3.19. The zero-order valence-corrected chi connectivity index (χ0v) is 13.6. The molecule has 0 saturated carbocycles. The zero-order valence-electron chi connectivity index (χ0n) is 12.8. The average molecular weight is 302 g/mol. The van der Waals surface area contributed by atoms with E-state index >= 15 is 0 Å². The van der Waals surface area contributed by atoms with Crippen LogP contribution in [0, 0.1) is 20.8 Å². The molecule has 0 atom stereocenters. The molecule has 5 heteroatoms. The second kappa shape index (κ2) is 7.22. The highest BCUT2D eigenvalue weighted by atomic mass is 32.1. The van der Waals surface area contributed by atoms with Gasteiger partial charge in [-0.05, 0) is 62.7 Å². The van der Waals surface area contributed by atoms with E-state index in [-0.39, 0.29) is 0 Å². The van der Waals surface area contributed by atoms with Crippen LogP contribution >= 0.6 is 12.2 Å². The van der Waals surface area contributed by atoms with Crippen molar-refractivity contribution in [3.05, 3.63) is 47.3 Å². The molecule has 0 radical (unpaired) electrons. The summed E-state index contributed by atoms with van der Waals surface area (Å²) >= 11 is 5.33. The highest BCUT2D eigenvalue weighted by Crippen LogP contribution is 2.15. The fraction of sp³-hybridized carbons (Fsp3) is 0.375. The molecule has 1 aromatic heterocycles. The number of hydrogen-bond donors (Lipinski definition) is 2. The van der Waals surface area contributed by atoms with Gasteiger partial charge in [-0.15, -0.1) is 0 Å². The van der Waals surface area contributed by atoms with Gasteiger partial charge in [0.05, 0.1) is 5.69 Å². The van der Waals surface area contributed by atoms with Gasteiger partial charge in [-0.3, -0.25) is 4.68 Å². The van der Waals surface area contributed by atoms with Crippen LogP contribution in [0.15, 0.2) is 30.5 Å².